The zero-order chi connectivity index (χ0) is 31.3. The van der Waals surface area contributed by atoms with Crippen LogP contribution in [0.5, 0.6) is 0 Å². The molecule has 0 radical (unpaired) electrons. The van der Waals surface area contributed by atoms with Gasteiger partial charge in [0.2, 0.25) is 29.5 Å². The molecule has 43 heavy (non-hydrogen) atoms. The molecule has 1 unspecified atom stereocenters. The van der Waals surface area contributed by atoms with Crippen LogP contribution in [0.3, 0.4) is 0 Å². The number of amides is 5. The molecular formula is C30H36N6O7. The first-order chi connectivity index (χ1) is 20.4. The SMILES string of the molecule is CC(=O)NCCNC(=O)[C@H]1CC1C(=O)N[C@H](Cc1ccc(C)c([N+](=O)[O-])c1)C(=O)N[C@@H](C(N)=O)C1Cc2ccccc2C1. The zero-order valence-electron chi connectivity index (χ0n) is 24.1. The predicted molar refractivity (Wildman–Crippen MR) is 155 cm³/mol. The van der Waals surface area contributed by atoms with Crippen molar-refractivity contribution in [2.45, 2.75) is 51.6 Å². The predicted octanol–water partition coefficient (Wildman–Crippen LogP) is 0.204. The molecule has 6 N–H and O–H groups in total. The first-order valence-electron chi connectivity index (χ1n) is 14.2. The lowest BCUT2D eigenvalue weighted by Crippen LogP contribution is -2.56. The summed E-state index contributed by atoms with van der Waals surface area (Å²) in [7, 11) is 0. The Kier molecular flexibility index (Phi) is 9.73. The highest BCUT2D eigenvalue weighted by atomic mass is 16.6. The quantitative estimate of drug-likeness (QED) is 0.124. The lowest BCUT2D eigenvalue weighted by Gasteiger charge is -2.25. The van der Waals surface area contributed by atoms with Gasteiger partial charge in [-0.25, -0.2) is 0 Å². The Hall–Kier alpha value is -4.81. The largest absolute Gasteiger partial charge is 0.368 e. The number of nitrogens with zero attached hydrogens (tertiary/aromatic N) is 1. The van der Waals surface area contributed by atoms with Crippen LogP contribution in [-0.2, 0) is 43.2 Å². The second-order valence-corrected chi connectivity index (χ2v) is 11.2. The zero-order valence-corrected chi connectivity index (χ0v) is 24.1. The molecule has 13 heteroatoms. The van der Waals surface area contributed by atoms with Crippen molar-refractivity contribution in [3.05, 3.63) is 74.8 Å². The van der Waals surface area contributed by atoms with Gasteiger partial charge in [-0.2, -0.15) is 0 Å². The second-order valence-electron chi connectivity index (χ2n) is 11.2. The lowest BCUT2D eigenvalue weighted by atomic mass is 9.95. The lowest BCUT2D eigenvalue weighted by molar-refractivity contribution is -0.385. The highest BCUT2D eigenvalue weighted by molar-refractivity contribution is 5.96. The van der Waals surface area contributed by atoms with Gasteiger partial charge in [-0.05, 0) is 48.8 Å². The van der Waals surface area contributed by atoms with Gasteiger partial charge in [-0.15, -0.1) is 0 Å². The number of fused-ring (bicyclic) bond motifs is 1. The third kappa shape index (κ3) is 7.93. The number of nitro groups is 1. The maximum atomic E-state index is 13.6. The number of primary amides is 1. The van der Waals surface area contributed by atoms with Crippen molar-refractivity contribution >= 4 is 35.2 Å². The van der Waals surface area contributed by atoms with E-state index in [-0.39, 0.29) is 49.4 Å². The van der Waals surface area contributed by atoms with Gasteiger partial charge in [0.1, 0.15) is 12.1 Å². The summed E-state index contributed by atoms with van der Waals surface area (Å²) in [6, 6.07) is 10.1. The minimum absolute atomic E-state index is 0.0879. The molecule has 0 spiro atoms. The Morgan fingerprint density at radius 1 is 0.953 bits per heavy atom. The first kappa shape index (κ1) is 31.1. The third-order valence-corrected chi connectivity index (χ3v) is 7.96. The summed E-state index contributed by atoms with van der Waals surface area (Å²) in [5, 5.41) is 22.2. The summed E-state index contributed by atoms with van der Waals surface area (Å²) in [6.07, 6.45) is 1.29. The maximum absolute atomic E-state index is 13.6. The average molecular weight is 593 g/mol. The summed E-state index contributed by atoms with van der Waals surface area (Å²) >= 11 is 0. The molecule has 0 aromatic heterocycles. The summed E-state index contributed by atoms with van der Waals surface area (Å²) in [5.41, 5.74) is 8.61. The first-order valence-corrected chi connectivity index (χ1v) is 14.2. The number of nitro benzene ring substituents is 1. The van der Waals surface area contributed by atoms with Crippen molar-refractivity contribution in [1.29, 1.82) is 0 Å². The van der Waals surface area contributed by atoms with E-state index in [0.717, 1.165) is 11.1 Å². The minimum Gasteiger partial charge on any atom is -0.368 e. The van der Waals surface area contributed by atoms with Crippen molar-refractivity contribution in [3.63, 3.8) is 0 Å². The molecule has 0 saturated heterocycles. The van der Waals surface area contributed by atoms with Gasteiger partial charge in [-0.3, -0.25) is 34.1 Å². The summed E-state index contributed by atoms with van der Waals surface area (Å²) in [4.78, 5) is 73.7. The van der Waals surface area contributed by atoms with Gasteiger partial charge in [0.15, 0.2) is 0 Å². The Bertz CT molecular complexity index is 1420. The van der Waals surface area contributed by atoms with E-state index >= 15 is 0 Å². The van der Waals surface area contributed by atoms with E-state index < -0.39 is 46.6 Å². The molecule has 228 valence electrons. The highest BCUT2D eigenvalue weighted by Crippen LogP contribution is 2.39. The number of hydrogen-bond donors (Lipinski definition) is 5. The molecule has 2 aromatic rings. The fraction of sp³-hybridized carbons (Fsp3) is 0.433. The van der Waals surface area contributed by atoms with E-state index in [2.05, 4.69) is 21.3 Å². The van der Waals surface area contributed by atoms with E-state index in [4.69, 9.17) is 5.73 Å². The van der Waals surface area contributed by atoms with Gasteiger partial charge >= 0.3 is 0 Å². The highest BCUT2D eigenvalue weighted by Gasteiger charge is 2.48. The number of nitrogens with two attached hydrogens (primary N) is 1. The molecule has 0 bridgehead atoms. The van der Waals surface area contributed by atoms with Crippen LogP contribution in [0.25, 0.3) is 0 Å². The van der Waals surface area contributed by atoms with E-state index in [9.17, 15) is 34.1 Å². The average Bonchev–Trinajstić information content (AvgIpc) is 3.65. The molecule has 4 rings (SSSR count). The van der Waals surface area contributed by atoms with Crippen molar-refractivity contribution in [2.75, 3.05) is 13.1 Å². The van der Waals surface area contributed by atoms with Crippen LogP contribution in [-0.4, -0.2) is 59.6 Å². The smallest absolute Gasteiger partial charge is 0.272 e. The van der Waals surface area contributed by atoms with Gasteiger partial charge in [0.25, 0.3) is 5.69 Å². The van der Waals surface area contributed by atoms with Crippen LogP contribution in [0.4, 0.5) is 5.69 Å². The third-order valence-electron chi connectivity index (χ3n) is 7.96. The number of rotatable bonds is 13. The van der Waals surface area contributed by atoms with Gasteiger partial charge < -0.3 is 27.0 Å². The van der Waals surface area contributed by atoms with Gasteiger partial charge in [0, 0.05) is 38.1 Å². The normalized spacial score (nSPS) is 18.5. The van der Waals surface area contributed by atoms with Gasteiger partial charge in [0.05, 0.1) is 16.8 Å². The minimum atomic E-state index is -1.19. The van der Waals surface area contributed by atoms with Crippen molar-refractivity contribution in [1.82, 2.24) is 21.3 Å². The number of hydrogen-bond acceptors (Lipinski definition) is 7. The van der Waals surface area contributed by atoms with E-state index in [0.29, 0.717) is 24.0 Å². The van der Waals surface area contributed by atoms with Crippen molar-refractivity contribution in [3.8, 4) is 0 Å². The molecule has 0 heterocycles. The Morgan fingerprint density at radius 3 is 2.19 bits per heavy atom. The molecule has 0 aliphatic heterocycles. The van der Waals surface area contributed by atoms with Crippen LogP contribution in [0.15, 0.2) is 42.5 Å². The maximum Gasteiger partial charge on any atom is 0.272 e. The number of aryl methyl sites for hydroxylation is 1. The fourth-order valence-corrected chi connectivity index (χ4v) is 5.54. The van der Waals surface area contributed by atoms with E-state index in [1.54, 1.807) is 19.1 Å². The fourth-order valence-electron chi connectivity index (χ4n) is 5.54. The molecule has 2 aliphatic rings. The van der Waals surface area contributed by atoms with Crippen LogP contribution < -0.4 is 27.0 Å². The van der Waals surface area contributed by atoms with Crippen molar-refractivity contribution < 1.29 is 28.9 Å². The monoisotopic (exact) mass is 592 g/mol. The van der Waals surface area contributed by atoms with Crippen LogP contribution in [0.1, 0.15) is 35.6 Å². The molecule has 13 nitrogen and oxygen atoms in total. The molecule has 2 aromatic carbocycles. The van der Waals surface area contributed by atoms with Crippen LogP contribution in [0, 0.1) is 34.8 Å². The number of benzene rings is 2. The number of nitrogens with one attached hydrogen (secondary N) is 4. The Morgan fingerprint density at radius 2 is 1.58 bits per heavy atom. The van der Waals surface area contributed by atoms with E-state index in [1.807, 2.05) is 24.3 Å². The molecule has 1 saturated carbocycles. The summed E-state index contributed by atoms with van der Waals surface area (Å²) < 4.78 is 0. The van der Waals surface area contributed by atoms with E-state index in [1.165, 1.54) is 13.0 Å². The molecule has 1 fully saturated rings. The molecule has 5 amide bonds. The van der Waals surface area contributed by atoms with Crippen LogP contribution in [0.2, 0.25) is 0 Å². The Balaban J connectivity index is 1.47. The number of carbonyl (C=O) groups excluding carboxylic acids is 5. The summed E-state index contributed by atoms with van der Waals surface area (Å²) in [5.74, 6) is -3.98. The summed E-state index contributed by atoms with van der Waals surface area (Å²) in [6.45, 7) is 3.42. The van der Waals surface area contributed by atoms with Crippen molar-refractivity contribution in [2.24, 2.45) is 23.5 Å². The van der Waals surface area contributed by atoms with Gasteiger partial charge in [-0.1, -0.05) is 36.4 Å². The molecule has 2 aliphatic carbocycles. The molecular weight excluding hydrogens is 556 g/mol. The standard InChI is InChI=1S/C30H36N6O7/c1-16-7-8-18(12-25(16)36(42)43)11-24(34-29(40)23-15-22(23)28(39)33-10-9-32-17(2)37)30(41)35-26(27(31)38)21-13-19-5-3-4-6-20(19)14-21/h3-8,12,21-24,26H,9-11,13-15H2,1-2H3,(H2,31,38)(H,32,37)(H,33,39)(H,34,40)(H,35,41)/t22-,23?,24+,26+/m0/s1. The second kappa shape index (κ2) is 13.4. The molecule has 4 atom stereocenters. The topological polar surface area (TPSA) is 203 Å². The number of carbonyl (C=O) groups is 5. The Labute approximate surface area is 248 Å². The van der Waals surface area contributed by atoms with Crippen LogP contribution >= 0.6 is 0 Å².